The van der Waals surface area contributed by atoms with Crippen molar-refractivity contribution in [1.29, 1.82) is 0 Å². The quantitative estimate of drug-likeness (QED) is 0.878. The Morgan fingerprint density at radius 1 is 1.29 bits per heavy atom. The van der Waals surface area contributed by atoms with Gasteiger partial charge in [-0.3, -0.25) is 0 Å². The third-order valence-corrected chi connectivity index (χ3v) is 2.96. The lowest BCUT2D eigenvalue weighted by Crippen LogP contribution is -2.16. The fourth-order valence-electron chi connectivity index (χ4n) is 1.87. The zero-order chi connectivity index (χ0) is 12.3. The van der Waals surface area contributed by atoms with Crippen molar-refractivity contribution in [3.63, 3.8) is 0 Å². The predicted octanol–water partition coefficient (Wildman–Crippen LogP) is 2.68. The highest BCUT2D eigenvalue weighted by Gasteiger charge is 2.05. The molecule has 1 heterocycles. The third kappa shape index (κ3) is 2.68. The van der Waals surface area contributed by atoms with E-state index in [-0.39, 0.29) is 0 Å². The Morgan fingerprint density at radius 2 is 2.12 bits per heavy atom. The molecule has 90 valence electrons. The predicted molar refractivity (Wildman–Crippen MR) is 69.9 cm³/mol. The van der Waals surface area contributed by atoms with Crippen molar-refractivity contribution in [3.05, 3.63) is 53.5 Å². The third-order valence-electron chi connectivity index (χ3n) is 2.96. The van der Waals surface area contributed by atoms with Gasteiger partial charge in [0.1, 0.15) is 5.76 Å². The number of rotatable bonds is 4. The number of hydrogen-bond donors (Lipinski definition) is 1. The van der Waals surface area contributed by atoms with Crippen LogP contribution in [0.25, 0.3) is 0 Å². The summed E-state index contributed by atoms with van der Waals surface area (Å²) in [5, 5.41) is 0. The van der Waals surface area contributed by atoms with Crippen LogP contribution in [0.5, 0.6) is 0 Å². The van der Waals surface area contributed by atoms with Crippen LogP contribution in [0.1, 0.15) is 16.9 Å². The van der Waals surface area contributed by atoms with E-state index in [0.717, 1.165) is 12.3 Å². The second-order valence-corrected chi connectivity index (χ2v) is 4.25. The molecule has 0 saturated carbocycles. The summed E-state index contributed by atoms with van der Waals surface area (Å²) in [5.41, 5.74) is 9.26. The molecular formula is C14H18N2O. The van der Waals surface area contributed by atoms with E-state index in [1.807, 2.05) is 12.1 Å². The molecule has 0 atom stereocenters. The number of aryl methyl sites for hydroxylation is 1. The molecule has 3 nitrogen and oxygen atoms in total. The van der Waals surface area contributed by atoms with E-state index in [1.54, 1.807) is 6.26 Å². The molecule has 0 fully saturated rings. The van der Waals surface area contributed by atoms with Crippen LogP contribution in [0, 0.1) is 6.92 Å². The van der Waals surface area contributed by atoms with Crippen LogP contribution in [0.4, 0.5) is 5.69 Å². The van der Waals surface area contributed by atoms with Crippen LogP contribution >= 0.6 is 0 Å². The molecular weight excluding hydrogens is 212 g/mol. The van der Waals surface area contributed by atoms with Crippen LogP contribution in [-0.4, -0.2) is 7.05 Å². The summed E-state index contributed by atoms with van der Waals surface area (Å²) in [6.45, 7) is 3.45. The maximum atomic E-state index is 5.66. The van der Waals surface area contributed by atoms with Gasteiger partial charge in [-0.15, -0.1) is 0 Å². The number of furan rings is 1. The van der Waals surface area contributed by atoms with Gasteiger partial charge in [-0.25, -0.2) is 0 Å². The van der Waals surface area contributed by atoms with E-state index in [2.05, 4.69) is 37.1 Å². The second kappa shape index (κ2) is 5.06. The summed E-state index contributed by atoms with van der Waals surface area (Å²) < 4.78 is 5.34. The standard InChI is InChI=1S/C14H18N2O/c1-11-8-13(6-5-12(11)9-15)16(2)10-14-4-3-7-17-14/h3-8H,9-10,15H2,1-2H3. The van der Waals surface area contributed by atoms with Crippen LogP contribution in [0.2, 0.25) is 0 Å². The average molecular weight is 230 g/mol. The van der Waals surface area contributed by atoms with Gasteiger partial charge < -0.3 is 15.1 Å². The Labute approximate surface area is 102 Å². The van der Waals surface area contributed by atoms with Crippen molar-refractivity contribution in [2.45, 2.75) is 20.0 Å². The van der Waals surface area contributed by atoms with Gasteiger partial charge in [-0.2, -0.15) is 0 Å². The highest BCUT2D eigenvalue weighted by Crippen LogP contribution is 2.19. The van der Waals surface area contributed by atoms with Crippen LogP contribution in [0.15, 0.2) is 41.0 Å². The van der Waals surface area contributed by atoms with Crippen LogP contribution in [0.3, 0.4) is 0 Å². The summed E-state index contributed by atoms with van der Waals surface area (Å²) in [7, 11) is 2.05. The van der Waals surface area contributed by atoms with E-state index < -0.39 is 0 Å². The summed E-state index contributed by atoms with van der Waals surface area (Å²) in [5.74, 6) is 0.966. The van der Waals surface area contributed by atoms with Gasteiger partial charge in [0.05, 0.1) is 12.8 Å². The first-order valence-corrected chi connectivity index (χ1v) is 5.74. The number of nitrogens with zero attached hydrogens (tertiary/aromatic N) is 1. The molecule has 0 bridgehead atoms. The lowest BCUT2D eigenvalue weighted by Gasteiger charge is -2.19. The van der Waals surface area contributed by atoms with Crippen LogP contribution < -0.4 is 10.6 Å². The Balaban J connectivity index is 2.14. The first-order chi connectivity index (χ1) is 8.20. The van der Waals surface area contributed by atoms with E-state index >= 15 is 0 Å². The molecule has 0 aliphatic carbocycles. The minimum atomic E-state index is 0.591. The fourth-order valence-corrected chi connectivity index (χ4v) is 1.87. The number of benzene rings is 1. The molecule has 2 N–H and O–H groups in total. The SMILES string of the molecule is Cc1cc(N(C)Cc2ccco2)ccc1CN. The maximum Gasteiger partial charge on any atom is 0.123 e. The smallest absolute Gasteiger partial charge is 0.123 e. The Bertz CT molecular complexity index is 477. The Kier molecular flexibility index (Phi) is 3.49. The van der Waals surface area contributed by atoms with Crippen molar-refractivity contribution in [3.8, 4) is 0 Å². The van der Waals surface area contributed by atoms with Crippen molar-refractivity contribution in [1.82, 2.24) is 0 Å². The molecule has 0 saturated heterocycles. The minimum absolute atomic E-state index is 0.591. The molecule has 0 radical (unpaired) electrons. The molecule has 3 heteroatoms. The van der Waals surface area contributed by atoms with E-state index in [0.29, 0.717) is 6.54 Å². The lowest BCUT2D eigenvalue weighted by molar-refractivity contribution is 0.507. The van der Waals surface area contributed by atoms with Crippen molar-refractivity contribution < 1.29 is 4.42 Å². The van der Waals surface area contributed by atoms with E-state index in [4.69, 9.17) is 10.2 Å². The molecule has 0 aliphatic heterocycles. The first kappa shape index (κ1) is 11.7. The number of hydrogen-bond acceptors (Lipinski definition) is 3. The molecule has 2 rings (SSSR count). The molecule has 0 amide bonds. The van der Waals surface area contributed by atoms with Gasteiger partial charge in [0.15, 0.2) is 0 Å². The second-order valence-electron chi connectivity index (χ2n) is 4.25. The zero-order valence-electron chi connectivity index (χ0n) is 10.3. The average Bonchev–Trinajstić information content (AvgIpc) is 2.81. The normalized spacial score (nSPS) is 10.5. The van der Waals surface area contributed by atoms with E-state index in [9.17, 15) is 0 Å². The Morgan fingerprint density at radius 3 is 2.71 bits per heavy atom. The van der Waals surface area contributed by atoms with Gasteiger partial charge in [0.25, 0.3) is 0 Å². The fraction of sp³-hybridized carbons (Fsp3) is 0.286. The molecule has 1 aromatic heterocycles. The molecule has 17 heavy (non-hydrogen) atoms. The largest absolute Gasteiger partial charge is 0.467 e. The molecule has 0 spiro atoms. The lowest BCUT2D eigenvalue weighted by atomic mass is 10.1. The molecule has 1 aromatic carbocycles. The highest BCUT2D eigenvalue weighted by atomic mass is 16.3. The molecule has 0 aliphatic rings. The summed E-state index contributed by atoms with van der Waals surface area (Å²) in [4.78, 5) is 2.16. The molecule has 2 aromatic rings. The summed E-state index contributed by atoms with van der Waals surface area (Å²) in [6.07, 6.45) is 1.70. The number of anilines is 1. The number of nitrogens with two attached hydrogens (primary N) is 1. The topological polar surface area (TPSA) is 42.4 Å². The highest BCUT2D eigenvalue weighted by molar-refractivity contribution is 5.50. The van der Waals surface area contributed by atoms with Gasteiger partial charge in [-0.1, -0.05) is 6.07 Å². The zero-order valence-corrected chi connectivity index (χ0v) is 10.3. The maximum absolute atomic E-state index is 5.66. The van der Waals surface area contributed by atoms with Gasteiger partial charge >= 0.3 is 0 Å². The summed E-state index contributed by atoms with van der Waals surface area (Å²) in [6, 6.07) is 10.2. The van der Waals surface area contributed by atoms with Gasteiger partial charge in [0.2, 0.25) is 0 Å². The van der Waals surface area contributed by atoms with Crippen molar-refractivity contribution in [2.24, 2.45) is 5.73 Å². The van der Waals surface area contributed by atoms with Crippen LogP contribution in [-0.2, 0) is 13.1 Å². The van der Waals surface area contributed by atoms with Gasteiger partial charge in [0, 0.05) is 19.3 Å². The Hall–Kier alpha value is -1.74. The first-order valence-electron chi connectivity index (χ1n) is 5.74. The van der Waals surface area contributed by atoms with E-state index in [1.165, 1.54) is 16.8 Å². The summed E-state index contributed by atoms with van der Waals surface area (Å²) >= 11 is 0. The molecule has 0 unspecified atom stereocenters. The van der Waals surface area contributed by atoms with Crippen molar-refractivity contribution >= 4 is 5.69 Å². The van der Waals surface area contributed by atoms with Crippen molar-refractivity contribution in [2.75, 3.05) is 11.9 Å². The minimum Gasteiger partial charge on any atom is -0.467 e. The van der Waals surface area contributed by atoms with Gasteiger partial charge in [-0.05, 0) is 42.3 Å². The monoisotopic (exact) mass is 230 g/mol.